The fourth-order valence-corrected chi connectivity index (χ4v) is 12.2. The number of benzene rings is 8. The van der Waals surface area contributed by atoms with E-state index in [1.165, 1.54) is 46.3 Å². The number of para-hydroxylation sites is 3. The Morgan fingerprint density at radius 2 is 1.03 bits per heavy atom. The van der Waals surface area contributed by atoms with Gasteiger partial charge in [0.2, 0.25) is 0 Å². The molecule has 5 nitrogen and oxygen atoms in total. The van der Waals surface area contributed by atoms with E-state index in [1.807, 2.05) is 18.3 Å². The van der Waals surface area contributed by atoms with Crippen molar-refractivity contribution < 1.29 is 4.74 Å². The second-order valence-corrected chi connectivity index (χ2v) is 24.7. The summed E-state index contributed by atoms with van der Waals surface area (Å²) >= 11 is -0.735. The number of nitrogens with zero attached hydrogens (tertiary/aromatic N) is 2. The van der Waals surface area contributed by atoms with Crippen molar-refractivity contribution in [3.63, 3.8) is 0 Å². The zero-order chi connectivity index (χ0) is 49.5. The Morgan fingerprint density at radius 1 is 0.423 bits per heavy atom. The van der Waals surface area contributed by atoms with Crippen molar-refractivity contribution >= 4 is 68.1 Å². The largest absolute Gasteiger partial charge is 0.0561 e. The second kappa shape index (κ2) is 19.2. The zero-order valence-corrected chi connectivity index (χ0v) is 44.6. The SMILES string of the molecule is CC(C)(C)c1cc(-c2cccc(-c3ccccc3)c2Nc2ccccc2Nc2cccc(Oc3ccc4c(c3)N(c3cc(C(C)(C)C)ccn3)c3ccc(-c5ccccc5)cc3[Te]4)c2)cc(C(C)(C)C)c1. The standard InChI is InChI=1S/C65H62N4OTe/c1-63(2,3)47-34-35-66-61(40-47)69-57-32-30-45(43-20-12-10-13-21-43)38-60(57)71-59-33-31-52(42-58(59)69)70-51-25-18-24-50(41-51)67-55-28-16-17-29-56(55)68-62-53(44-22-14-11-15-23-44)26-19-27-54(62)46-36-48(64(4,5)6)39-49(37-46)65(7,8)9/h10-42,67-68H,1-9H3. The summed E-state index contributed by atoms with van der Waals surface area (Å²) in [6.45, 7) is 20.6. The Hall–Kier alpha value is -7.10. The molecule has 71 heavy (non-hydrogen) atoms. The number of hydrogen-bond acceptors (Lipinski definition) is 5. The maximum Gasteiger partial charge on any atom is -0.0132 e. The van der Waals surface area contributed by atoms with E-state index in [2.05, 4.69) is 260 Å². The maximum atomic E-state index is 6.78. The summed E-state index contributed by atoms with van der Waals surface area (Å²) in [4.78, 5) is 7.34. The predicted molar refractivity (Wildman–Crippen MR) is 302 cm³/mol. The van der Waals surface area contributed by atoms with Gasteiger partial charge in [0.05, 0.1) is 5.69 Å². The van der Waals surface area contributed by atoms with Crippen LogP contribution in [0.25, 0.3) is 33.4 Å². The average molecular weight is 1040 g/mol. The van der Waals surface area contributed by atoms with E-state index in [0.717, 1.165) is 62.4 Å². The van der Waals surface area contributed by atoms with Crippen molar-refractivity contribution in [2.24, 2.45) is 0 Å². The minimum absolute atomic E-state index is 0.0206. The van der Waals surface area contributed by atoms with Crippen LogP contribution >= 0.6 is 0 Å². The van der Waals surface area contributed by atoms with Crippen molar-refractivity contribution in [1.29, 1.82) is 0 Å². The van der Waals surface area contributed by atoms with Crippen molar-refractivity contribution in [2.45, 2.75) is 78.6 Å². The Morgan fingerprint density at radius 3 is 1.70 bits per heavy atom. The first-order chi connectivity index (χ1) is 34.0. The van der Waals surface area contributed by atoms with Gasteiger partial charge in [0, 0.05) is 11.1 Å². The van der Waals surface area contributed by atoms with Gasteiger partial charge in [0.15, 0.2) is 0 Å². The van der Waals surface area contributed by atoms with Gasteiger partial charge in [-0.25, -0.2) is 0 Å². The Balaban J connectivity index is 0.976. The molecule has 0 spiro atoms. The first kappa shape index (κ1) is 47.6. The van der Waals surface area contributed by atoms with E-state index < -0.39 is 20.9 Å². The predicted octanol–water partition coefficient (Wildman–Crippen LogP) is 16.7. The smallest absolute Gasteiger partial charge is 0.0132 e. The molecule has 0 unspecified atom stereocenters. The molecule has 0 aliphatic carbocycles. The summed E-state index contributed by atoms with van der Waals surface area (Å²) in [6.07, 6.45) is 1.95. The Kier molecular flexibility index (Phi) is 12.9. The third-order valence-electron chi connectivity index (χ3n) is 13.2. The van der Waals surface area contributed by atoms with Crippen LogP contribution in [0.2, 0.25) is 0 Å². The summed E-state index contributed by atoms with van der Waals surface area (Å²) in [6, 6.07) is 69.7. The number of aromatic nitrogens is 1. The van der Waals surface area contributed by atoms with E-state index in [4.69, 9.17) is 9.72 Å². The molecule has 2 N–H and O–H groups in total. The molecule has 2 heterocycles. The molecular formula is C65H62N4OTe. The number of hydrogen-bond donors (Lipinski definition) is 2. The van der Waals surface area contributed by atoms with Crippen LogP contribution in [-0.2, 0) is 16.2 Å². The van der Waals surface area contributed by atoms with Crippen LogP contribution in [0.3, 0.4) is 0 Å². The van der Waals surface area contributed by atoms with Gasteiger partial charge in [-0.1, -0.05) is 114 Å². The number of fused-ring (bicyclic) bond motifs is 2. The number of anilines is 7. The minimum Gasteiger partial charge on any atom is -0.0561 e. The molecule has 0 fully saturated rings. The van der Waals surface area contributed by atoms with Gasteiger partial charge >= 0.3 is 270 Å². The molecule has 10 rings (SSSR count). The number of nitrogens with one attached hydrogen (secondary N) is 2. The molecule has 0 amide bonds. The molecule has 0 bridgehead atoms. The topological polar surface area (TPSA) is 49.4 Å². The maximum absolute atomic E-state index is 6.78. The molecule has 6 heteroatoms. The summed E-state index contributed by atoms with van der Waals surface area (Å²) in [5.41, 5.74) is 17.1. The number of pyridine rings is 1. The molecule has 0 radical (unpaired) electrons. The van der Waals surface area contributed by atoms with Gasteiger partial charge in [0.1, 0.15) is 0 Å². The van der Waals surface area contributed by atoms with Crippen LogP contribution < -0.4 is 27.5 Å². The van der Waals surface area contributed by atoms with Gasteiger partial charge in [-0.05, 0) is 33.1 Å². The summed E-state index contributed by atoms with van der Waals surface area (Å²) in [5, 5.41) is 7.74. The minimum atomic E-state index is -0.735. The van der Waals surface area contributed by atoms with Gasteiger partial charge in [0.25, 0.3) is 0 Å². The van der Waals surface area contributed by atoms with Crippen LogP contribution in [0.5, 0.6) is 11.5 Å². The summed E-state index contributed by atoms with van der Waals surface area (Å²) < 4.78 is 9.52. The number of rotatable bonds is 10. The monoisotopic (exact) mass is 1040 g/mol. The second-order valence-electron chi connectivity index (χ2n) is 21.6. The molecule has 1 aliphatic rings. The van der Waals surface area contributed by atoms with Gasteiger partial charge in [-0.2, -0.15) is 0 Å². The molecular weight excluding hydrogens is 980 g/mol. The van der Waals surface area contributed by atoms with E-state index in [1.54, 1.807) is 0 Å². The number of ether oxygens (including phenoxy) is 1. The third kappa shape index (κ3) is 10.4. The van der Waals surface area contributed by atoms with Gasteiger partial charge in [-0.3, -0.25) is 0 Å². The van der Waals surface area contributed by atoms with E-state index in [9.17, 15) is 0 Å². The van der Waals surface area contributed by atoms with Crippen LogP contribution in [-0.4, -0.2) is 25.9 Å². The molecule has 0 saturated carbocycles. The van der Waals surface area contributed by atoms with Crippen LogP contribution in [0, 0.1) is 0 Å². The average Bonchev–Trinajstić information content (AvgIpc) is 3.36. The molecule has 0 atom stereocenters. The van der Waals surface area contributed by atoms with Crippen molar-refractivity contribution in [3.05, 3.63) is 217 Å². The summed E-state index contributed by atoms with van der Waals surface area (Å²) in [5.74, 6) is 2.42. The van der Waals surface area contributed by atoms with E-state index >= 15 is 0 Å². The van der Waals surface area contributed by atoms with Crippen molar-refractivity contribution in [3.8, 4) is 44.9 Å². The first-order valence-corrected chi connectivity index (χ1v) is 26.9. The van der Waals surface area contributed by atoms with Gasteiger partial charge in [-0.15, -0.1) is 0 Å². The first-order valence-electron chi connectivity index (χ1n) is 24.6. The van der Waals surface area contributed by atoms with Crippen LogP contribution in [0.1, 0.15) is 79.0 Å². The molecule has 1 aromatic heterocycles. The van der Waals surface area contributed by atoms with Crippen LogP contribution in [0.4, 0.5) is 39.9 Å². The quantitative estimate of drug-likeness (QED) is 0.134. The van der Waals surface area contributed by atoms with Crippen molar-refractivity contribution in [2.75, 3.05) is 15.5 Å². The van der Waals surface area contributed by atoms with E-state index in [0.29, 0.717) is 0 Å². The fraction of sp³-hybridized carbons (Fsp3) is 0.185. The third-order valence-corrected chi connectivity index (χ3v) is 16.4. The van der Waals surface area contributed by atoms with E-state index in [-0.39, 0.29) is 16.2 Å². The molecule has 1 aliphatic heterocycles. The fourth-order valence-electron chi connectivity index (χ4n) is 9.11. The molecule has 8 aromatic carbocycles. The van der Waals surface area contributed by atoms with Gasteiger partial charge < -0.3 is 0 Å². The molecule has 0 saturated heterocycles. The molecule has 9 aromatic rings. The van der Waals surface area contributed by atoms with Crippen molar-refractivity contribution in [1.82, 2.24) is 4.98 Å². The normalized spacial score (nSPS) is 12.5. The Bertz CT molecular complexity index is 3350. The Labute approximate surface area is 431 Å². The van der Waals surface area contributed by atoms with Crippen LogP contribution in [0.15, 0.2) is 200 Å². The zero-order valence-electron chi connectivity index (χ0n) is 42.3. The summed E-state index contributed by atoms with van der Waals surface area (Å²) in [7, 11) is 0. The molecule has 354 valence electrons.